The molecule has 0 fully saturated rings. The molecule has 20 heavy (non-hydrogen) atoms. The molecule has 0 aliphatic carbocycles. The van der Waals surface area contributed by atoms with E-state index in [1.165, 1.54) is 28.5 Å². The molecule has 2 amide bonds. The Hall–Kier alpha value is -1.49. The molecule has 1 aromatic carbocycles. The Kier molecular flexibility index (Phi) is 6.58. The van der Waals surface area contributed by atoms with Crippen molar-refractivity contribution in [2.45, 2.75) is 33.2 Å². The van der Waals surface area contributed by atoms with Crippen molar-refractivity contribution in [3.8, 4) is 0 Å². The molecule has 0 aromatic heterocycles. The second-order valence-corrected chi connectivity index (χ2v) is 6.11. The van der Waals surface area contributed by atoms with Crippen molar-refractivity contribution in [1.29, 1.82) is 0 Å². The van der Waals surface area contributed by atoms with E-state index in [4.69, 9.17) is 5.73 Å². The summed E-state index contributed by atoms with van der Waals surface area (Å²) in [5.74, 6) is -0.0156. The van der Waals surface area contributed by atoms with Crippen LogP contribution in [-0.2, 0) is 16.0 Å². The molecule has 0 aliphatic rings. The lowest BCUT2D eigenvalue weighted by Crippen LogP contribution is -2.35. The van der Waals surface area contributed by atoms with Gasteiger partial charge in [0.1, 0.15) is 0 Å². The zero-order valence-electron chi connectivity index (χ0n) is 12.2. The van der Waals surface area contributed by atoms with E-state index in [2.05, 4.69) is 37.4 Å². The normalized spacial score (nSPS) is 11.9. The minimum Gasteiger partial charge on any atom is -0.369 e. The van der Waals surface area contributed by atoms with Gasteiger partial charge in [-0.3, -0.25) is 9.59 Å². The van der Waals surface area contributed by atoms with Crippen molar-refractivity contribution >= 4 is 23.6 Å². The van der Waals surface area contributed by atoms with Crippen LogP contribution in [0.3, 0.4) is 0 Å². The Morgan fingerprint density at radius 2 is 1.80 bits per heavy atom. The van der Waals surface area contributed by atoms with Gasteiger partial charge in [0, 0.05) is 6.04 Å². The van der Waals surface area contributed by atoms with Gasteiger partial charge >= 0.3 is 0 Å². The summed E-state index contributed by atoms with van der Waals surface area (Å²) in [5.41, 5.74) is 8.71. The van der Waals surface area contributed by atoms with Gasteiger partial charge in [-0.2, -0.15) is 0 Å². The Labute approximate surface area is 124 Å². The van der Waals surface area contributed by atoms with Crippen LogP contribution in [-0.4, -0.2) is 29.4 Å². The zero-order valence-corrected chi connectivity index (χ0v) is 13.0. The number of primary amides is 1. The van der Waals surface area contributed by atoms with E-state index in [1.54, 1.807) is 0 Å². The molecule has 4 nitrogen and oxygen atoms in total. The largest absolute Gasteiger partial charge is 0.369 e. The van der Waals surface area contributed by atoms with Gasteiger partial charge in [0.25, 0.3) is 0 Å². The van der Waals surface area contributed by atoms with Gasteiger partial charge in [0.15, 0.2) is 0 Å². The van der Waals surface area contributed by atoms with Crippen molar-refractivity contribution in [3.63, 3.8) is 0 Å². The van der Waals surface area contributed by atoms with E-state index in [9.17, 15) is 9.59 Å². The highest BCUT2D eigenvalue weighted by Crippen LogP contribution is 2.11. The first-order valence-corrected chi connectivity index (χ1v) is 7.75. The SMILES string of the molecule is Cc1cc(C)cc(C[C@@H](C)NC(=O)CSCC(N)=O)c1. The summed E-state index contributed by atoms with van der Waals surface area (Å²) >= 11 is 1.24. The number of thioether (sulfide) groups is 1. The van der Waals surface area contributed by atoms with Gasteiger partial charge in [0.2, 0.25) is 11.8 Å². The Bertz CT molecular complexity index is 469. The fraction of sp³-hybridized carbons (Fsp3) is 0.467. The molecule has 0 heterocycles. The summed E-state index contributed by atoms with van der Waals surface area (Å²) in [4.78, 5) is 22.3. The van der Waals surface area contributed by atoms with E-state index in [0.717, 1.165) is 6.42 Å². The molecular formula is C15H22N2O2S. The van der Waals surface area contributed by atoms with E-state index in [-0.39, 0.29) is 23.5 Å². The molecule has 1 atom stereocenters. The third kappa shape index (κ3) is 6.61. The number of nitrogens with one attached hydrogen (secondary N) is 1. The molecular weight excluding hydrogens is 272 g/mol. The van der Waals surface area contributed by atoms with Crippen molar-refractivity contribution in [2.24, 2.45) is 5.73 Å². The Balaban J connectivity index is 2.40. The van der Waals surface area contributed by atoms with Gasteiger partial charge in [-0.1, -0.05) is 29.3 Å². The predicted molar refractivity (Wildman–Crippen MR) is 83.7 cm³/mol. The number of hydrogen-bond acceptors (Lipinski definition) is 3. The van der Waals surface area contributed by atoms with Gasteiger partial charge < -0.3 is 11.1 Å². The van der Waals surface area contributed by atoms with Crippen LogP contribution in [0.5, 0.6) is 0 Å². The van der Waals surface area contributed by atoms with Crippen molar-refractivity contribution < 1.29 is 9.59 Å². The second kappa shape index (κ2) is 7.94. The maximum Gasteiger partial charge on any atom is 0.230 e. The number of carbonyl (C=O) groups is 2. The third-order valence-electron chi connectivity index (χ3n) is 2.71. The van der Waals surface area contributed by atoms with Crippen LogP contribution >= 0.6 is 11.8 Å². The minimum atomic E-state index is -0.397. The lowest BCUT2D eigenvalue weighted by molar-refractivity contribution is -0.119. The van der Waals surface area contributed by atoms with Crippen LogP contribution in [0.25, 0.3) is 0 Å². The predicted octanol–water partition coefficient (Wildman–Crippen LogP) is 1.57. The number of rotatable bonds is 7. The summed E-state index contributed by atoms with van der Waals surface area (Å²) in [5, 5.41) is 2.93. The van der Waals surface area contributed by atoms with E-state index < -0.39 is 5.91 Å². The van der Waals surface area contributed by atoms with Crippen LogP contribution in [0.1, 0.15) is 23.6 Å². The van der Waals surface area contributed by atoms with Crippen LogP contribution in [0.15, 0.2) is 18.2 Å². The number of benzene rings is 1. The van der Waals surface area contributed by atoms with E-state index in [0.29, 0.717) is 0 Å². The number of nitrogens with two attached hydrogens (primary N) is 1. The summed E-state index contributed by atoms with van der Waals surface area (Å²) in [6.45, 7) is 6.12. The van der Waals surface area contributed by atoms with Crippen LogP contribution in [0.4, 0.5) is 0 Å². The number of aryl methyl sites for hydroxylation is 2. The van der Waals surface area contributed by atoms with Crippen LogP contribution < -0.4 is 11.1 Å². The minimum absolute atomic E-state index is 0.0619. The average molecular weight is 294 g/mol. The number of carbonyl (C=O) groups excluding carboxylic acids is 2. The molecule has 1 aromatic rings. The second-order valence-electron chi connectivity index (χ2n) is 5.13. The van der Waals surface area contributed by atoms with Crippen molar-refractivity contribution in [3.05, 3.63) is 34.9 Å². The topological polar surface area (TPSA) is 72.2 Å². The fourth-order valence-electron chi connectivity index (χ4n) is 2.15. The van der Waals surface area contributed by atoms with E-state index in [1.807, 2.05) is 6.92 Å². The molecule has 0 unspecified atom stereocenters. The highest BCUT2D eigenvalue weighted by Gasteiger charge is 2.09. The highest BCUT2D eigenvalue weighted by molar-refractivity contribution is 8.00. The van der Waals surface area contributed by atoms with Crippen molar-refractivity contribution in [2.75, 3.05) is 11.5 Å². The van der Waals surface area contributed by atoms with Gasteiger partial charge in [0.05, 0.1) is 11.5 Å². The maximum absolute atomic E-state index is 11.7. The highest BCUT2D eigenvalue weighted by atomic mass is 32.2. The summed E-state index contributed by atoms with van der Waals surface area (Å²) in [7, 11) is 0. The molecule has 0 saturated heterocycles. The molecule has 0 radical (unpaired) electrons. The zero-order chi connectivity index (χ0) is 15.1. The summed E-state index contributed by atoms with van der Waals surface area (Å²) in [6.07, 6.45) is 0.800. The fourth-order valence-corrected chi connectivity index (χ4v) is 2.72. The Morgan fingerprint density at radius 1 is 1.20 bits per heavy atom. The quantitative estimate of drug-likeness (QED) is 0.802. The molecule has 0 saturated carbocycles. The first-order chi connectivity index (χ1) is 9.36. The summed E-state index contributed by atoms with van der Waals surface area (Å²) < 4.78 is 0. The molecule has 0 spiro atoms. The maximum atomic E-state index is 11.7. The Morgan fingerprint density at radius 3 is 2.35 bits per heavy atom. The first kappa shape index (κ1) is 16.6. The molecule has 1 rings (SSSR count). The average Bonchev–Trinajstić information content (AvgIpc) is 2.25. The van der Waals surface area contributed by atoms with Crippen LogP contribution in [0.2, 0.25) is 0 Å². The lowest BCUT2D eigenvalue weighted by Gasteiger charge is -2.14. The summed E-state index contributed by atoms with van der Waals surface area (Å²) in [6, 6.07) is 6.47. The van der Waals surface area contributed by atoms with E-state index >= 15 is 0 Å². The van der Waals surface area contributed by atoms with Gasteiger partial charge in [-0.15, -0.1) is 11.8 Å². The van der Waals surface area contributed by atoms with Crippen LogP contribution in [0, 0.1) is 13.8 Å². The molecule has 5 heteroatoms. The van der Waals surface area contributed by atoms with Gasteiger partial charge in [-0.25, -0.2) is 0 Å². The lowest BCUT2D eigenvalue weighted by atomic mass is 10.0. The van der Waals surface area contributed by atoms with Crippen molar-refractivity contribution in [1.82, 2.24) is 5.32 Å². The van der Waals surface area contributed by atoms with Gasteiger partial charge in [-0.05, 0) is 32.8 Å². The number of amides is 2. The third-order valence-corrected chi connectivity index (χ3v) is 3.66. The number of hydrogen-bond donors (Lipinski definition) is 2. The smallest absolute Gasteiger partial charge is 0.230 e. The standard InChI is InChI=1S/C15H22N2O2S/c1-10-4-11(2)6-13(5-10)7-12(3)17-15(19)9-20-8-14(16)18/h4-6,12H,7-9H2,1-3H3,(H2,16,18)(H,17,19)/t12-/m1/s1. The molecule has 0 aliphatic heterocycles. The molecule has 110 valence electrons. The monoisotopic (exact) mass is 294 g/mol. The first-order valence-electron chi connectivity index (χ1n) is 6.59. The molecule has 0 bridgehead atoms. The molecule has 3 N–H and O–H groups in total.